The van der Waals surface area contributed by atoms with Crippen molar-refractivity contribution in [2.45, 2.75) is 39.3 Å². The number of piperazine rings is 1. The quantitative estimate of drug-likeness (QED) is 0.558. The molecular formula is C16H22BrN3O4. The molecular weight excluding hydrogens is 378 g/mol. The Bertz CT molecular complexity index is 645. The van der Waals surface area contributed by atoms with E-state index in [9.17, 15) is 14.9 Å². The Morgan fingerprint density at radius 2 is 2.04 bits per heavy atom. The second-order valence-corrected chi connectivity index (χ2v) is 7.77. The predicted octanol–water partition coefficient (Wildman–Crippen LogP) is 3.80. The summed E-state index contributed by atoms with van der Waals surface area (Å²) in [4.78, 5) is 26.8. The minimum absolute atomic E-state index is 0.0499. The fourth-order valence-electron chi connectivity index (χ4n) is 2.69. The van der Waals surface area contributed by atoms with Gasteiger partial charge in [-0.3, -0.25) is 10.1 Å². The van der Waals surface area contributed by atoms with Crippen molar-refractivity contribution in [3.63, 3.8) is 0 Å². The first kappa shape index (κ1) is 18.5. The fourth-order valence-corrected chi connectivity index (χ4v) is 3.04. The Morgan fingerprint density at radius 1 is 1.38 bits per heavy atom. The zero-order valence-corrected chi connectivity index (χ0v) is 15.9. The van der Waals surface area contributed by atoms with E-state index in [1.807, 2.05) is 32.6 Å². The third-order valence-corrected chi connectivity index (χ3v) is 4.22. The fraction of sp³-hybridized carbons (Fsp3) is 0.562. The van der Waals surface area contributed by atoms with Crippen molar-refractivity contribution in [3.8, 4) is 0 Å². The van der Waals surface area contributed by atoms with Crippen LogP contribution in [0.4, 0.5) is 16.2 Å². The zero-order valence-electron chi connectivity index (χ0n) is 14.3. The molecule has 1 heterocycles. The molecule has 1 aromatic rings. The number of nitrogens with zero attached hydrogens (tertiary/aromatic N) is 3. The molecule has 0 spiro atoms. The van der Waals surface area contributed by atoms with E-state index >= 15 is 0 Å². The first-order chi connectivity index (χ1) is 11.1. The number of carbonyl (C=O) groups is 1. The van der Waals surface area contributed by atoms with E-state index in [1.165, 1.54) is 6.07 Å². The molecule has 1 fully saturated rings. The number of rotatable bonds is 2. The highest BCUT2D eigenvalue weighted by Gasteiger charge is 2.32. The molecule has 0 aromatic heterocycles. The lowest BCUT2D eigenvalue weighted by Gasteiger charge is -2.41. The van der Waals surface area contributed by atoms with E-state index in [0.717, 1.165) is 0 Å². The highest BCUT2D eigenvalue weighted by molar-refractivity contribution is 9.10. The first-order valence-corrected chi connectivity index (χ1v) is 8.56. The van der Waals surface area contributed by atoms with Crippen LogP contribution < -0.4 is 4.90 Å². The lowest BCUT2D eigenvalue weighted by atomic mass is 10.1. The van der Waals surface area contributed by atoms with Gasteiger partial charge >= 0.3 is 6.09 Å². The highest BCUT2D eigenvalue weighted by Crippen LogP contribution is 2.33. The Morgan fingerprint density at radius 3 is 2.58 bits per heavy atom. The summed E-state index contributed by atoms with van der Waals surface area (Å²) < 4.78 is 6.06. The summed E-state index contributed by atoms with van der Waals surface area (Å²) in [5.74, 6) is 0. The van der Waals surface area contributed by atoms with Gasteiger partial charge in [0.1, 0.15) is 11.3 Å². The molecule has 0 radical (unpaired) electrons. The van der Waals surface area contributed by atoms with Crippen molar-refractivity contribution < 1.29 is 14.5 Å². The molecule has 1 aliphatic heterocycles. The molecule has 1 aromatic carbocycles. The highest BCUT2D eigenvalue weighted by atomic mass is 79.9. The molecule has 8 heteroatoms. The number of carbonyl (C=O) groups excluding carboxylic acids is 1. The van der Waals surface area contributed by atoms with Gasteiger partial charge in [-0.15, -0.1) is 0 Å². The van der Waals surface area contributed by atoms with Crippen molar-refractivity contribution in [2.75, 3.05) is 24.5 Å². The number of nitro groups is 1. The van der Waals surface area contributed by atoms with Crippen molar-refractivity contribution in [2.24, 2.45) is 0 Å². The molecule has 0 bridgehead atoms. The van der Waals surface area contributed by atoms with Crippen LogP contribution in [0.5, 0.6) is 0 Å². The van der Waals surface area contributed by atoms with Crippen molar-refractivity contribution in [3.05, 3.63) is 32.8 Å². The van der Waals surface area contributed by atoms with E-state index in [2.05, 4.69) is 15.9 Å². The van der Waals surface area contributed by atoms with Gasteiger partial charge in [-0.2, -0.15) is 0 Å². The Balaban J connectivity index is 2.15. The lowest BCUT2D eigenvalue weighted by Crippen LogP contribution is -2.54. The summed E-state index contributed by atoms with van der Waals surface area (Å²) in [6, 6.07) is 4.98. The van der Waals surface area contributed by atoms with E-state index in [4.69, 9.17) is 4.74 Å². The van der Waals surface area contributed by atoms with Gasteiger partial charge in [-0.25, -0.2) is 4.79 Å². The molecule has 2 rings (SSSR count). The predicted molar refractivity (Wildman–Crippen MR) is 95.4 cm³/mol. The van der Waals surface area contributed by atoms with Crippen molar-refractivity contribution in [1.29, 1.82) is 0 Å². The minimum Gasteiger partial charge on any atom is -0.444 e. The Hall–Kier alpha value is -1.83. The standard InChI is InChI=1S/C16H22BrN3O4/c1-11-10-18(15(21)24-16(2,3)4)7-8-19(11)13-6-5-12(17)9-14(13)20(22)23/h5-6,9,11H,7-8,10H2,1-4H3. The van der Waals surface area contributed by atoms with Crippen molar-refractivity contribution >= 4 is 33.4 Å². The molecule has 1 atom stereocenters. The van der Waals surface area contributed by atoms with Gasteiger partial charge in [0, 0.05) is 36.2 Å². The maximum atomic E-state index is 12.2. The largest absolute Gasteiger partial charge is 0.444 e. The number of hydrogen-bond donors (Lipinski definition) is 0. The van der Waals surface area contributed by atoms with Gasteiger partial charge < -0.3 is 14.5 Å². The number of hydrogen-bond acceptors (Lipinski definition) is 5. The number of benzene rings is 1. The van der Waals surface area contributed by atoms with Gasteiger partial charge in [0.2, 0.25) is 0 Å². The van der Waals surface area contributed by atoms with Gasteiger partial charge in [-0.1, -0.05) is 15.9 Å². The Kier molecular flexibility index (Phi) is 5.37. The number of ether oxygens (including phenoxy) is 1. The summed E-state index contributed by atoms with van der Waals surface area (Å²) in [5, 5.41) is 11.3. The summed E-state index contributed by atoms with van der Waals surface area (Å²) >= 11 is 3.27. The van der Waals surface area contributed by atoms with E-state index < -0.39 is 5.60 Å². The lowest BCUT2D eigenvalue weighted by molar-refractivity contribution is -0.384. The second-order valence-electron chi connectivity index (χ2n) is 6.86. The van der Waals surface area contributed by atoms with Crippen LogP contribution in [-0.2, 0) is 4.74 Å². The number of halogens is 1. The maximum absolute atomic E-state index is 12.2. The van der Waals surface area contributed by atoms with Crippen LogP contribution in [0.3, 0.4) is 0 Å². The average Bonchev–Trinajstić information content (AvgIpc) is 2.45. The van der Waals surface area contributed by atoms with Crippen LogP contribution in [0.2, 0.25) is 0 Å². The molecule has 7 nitrogen and oxygen atoms in total. The van der Waals surface area contributed by atoms with Gasteiger partial charge in [0.25, 0.3) is 5.69 Å². The van der Waals surface area contributed by atoms with Crippen LogP contribution >= 0.6 is 15.9 Å². The number of amides is 1. The number of nitro benzene ring substituents is 1. The third-order valence-electron chi connectivity index (χ3n) is 3.72. The average molecular weight is 400 g/mol. The molecule has 0 aliphatic carbocycles. The van der Waals surface area contributed by atoms with E-state index in [0.29, 0.717) is 29.8 Å². The molecule has 1 amide bonds. The molecule has 0 saturated carbocycles. The zero-order chi connectivity index (χ0) is 18.1. The third kappa shape index (κ3) is 4.37. The molecule has 132 valence electrons. The summed E-state index contributed by atoms with van der Waals surface area (Å²) in [6.45, 7) is 8.88. The molecule has 0 N–H and O–H groups in total. The van der Waals surface area contributed by atoms with Crippen LogP contribution in [0.15, 0.2) is 22.7 Å². The summed E-state index contributed by atoms with van der Waals surface area (Å²) in [5.41, 5.74) is 0.0866. The molecule has 1 unspecified atom stereocenters. The van der Waals surface area contributed by atoms with Crippen molar-refractivity contribution in [1.82, 2.24) is 4.90 Å². The van der Waals surface area contributed by atoms with Crippen LogP contribution in [-0.4, -0.2) is 47.2 Å². The maximum Gasteiger partial charge on any atom is 0.410 e. The van der Waals surface area contributed by atoms with Gasteiger partial charge in [0.05, 0.1) is 4.92 Å². The topological polar surface area (TPSA) is 75.9 Å². The van der Waals surface area contributed by atoms with E-state index in [-0.39, 0.29) is 22.7 Å². The molecule has 1 aliphatic rings. The SMILES string of the molecule is CC1CN(C(=O)OC(C)(C)C)CCN1c1ccc(Br)cc1[N+](=O)[O-]. The minimum atomic E-state index is -0.540. The smallest absolute Gasteiger partial charge is 0.410 e. The second kappa shape index (κ2) is 6.96. The Labute approximate surface area is 149 Å². The van der Waals surface area contributed by atoms with Crippen LogP contribution in [0.25, 0.3) is 0 Å². The summed E-state index contributed by atoms with van der Waals surface area (Å²) in [6.07, 6.45) is -0.348. The van der Waals surface area contributed by atoms with E-state index in [1.54, 1.807) is 17.0 Å². The molecule has 1 saturated heterocycles. The normalized spacial score (nSPS) is 18.5. The monoisotopic (exact) mass is 399 g/mol. The number of anilines is 1. The van der Waals surface area contributed by atoms with Crippen LogP contribution in [0.1, 0.15) is 27.7 Å². The first-order valence-electron chi connectivity index (χ1n) is 7.77. The van der Waals surface area contributed by atoms with Crippen LogP contribution in [0, 0.1) is 10.1 Å². The van der Waals surface area contributed by atoms with Gasteiger partial charge in [-0.05, 0) is 39.8 Å². The molecule has 24 heavy (non-hydrogen) atoms. The van der Waals surface area contributed by atoms with Gasteiger partial charge in [0.15, 0.2) is 0 Å². The summed E-state index contributed by atoms with van der Waals surface area (Å²) in [7, 11) is 0.